The van der Waals surface area contributed by atoms with Gasteiger partial charge in [-0.3, -0.25) is 14.8 Å². The first-order valence-electron chi connectivity index (χ1n) is 10.3. The number of aliphatic hydroxyl groups excluding tert-OH is 1. The molecule has 3 heterocycles. The van der Waals surface area contributed by atoms with Crippen LogP contribution in [0.15, 0.2) is 61.3 Å². The Morgan fingerprint density at radius 1 is 1.12 bits per heavy atom. The monoisotopic (exact) mass is 428 g/mol. The largest absolute Gasteiger partial charge is 0.392 e. The number of carbonyl (C=O) groups excluding carboxylic acids is 1. The van der Waals surface area contributed by atoms with Crippen LogP contribution in [0.25, 0.3) is 22.2 Å². The number of para-hydroxylation sites is 1. The molecule has 0 aliphatic carbocycles. The minimum absolute atomic E-state index is 0.0742. The molecule has 3 aromatic heterocycles. The maximum absolute atomic E-state index is 12.2. The van der Waals surface area contributed by atoms with Crippen molar-refractivity contribution in [3.05, 3.63) is 78.0 Å². The number of aliphatic hydroxyl groups is 1. The molecule has 32 heavy (non-hydrogen) atoms. The van der Waals surface area contributed by atoms with Crippen LogP contribution < -0.4 is 10.6 Å². The predicted molar refractivity (Wildman–Crippen MR) is 123 cm³/mol. The Balaban J connectivity index is 1.55. The van der Waals surface area contributed by atoms with Crippen LogP contribution in [0.2, 0.25) is 0 Å². The van der Waals surface area contributed by atoms with Gasteiger partial charge in [0.25, 0.3) is 5.91 Å². The molecule has 3 N–H and O–H groups in total. The molecule has 0 spiro atoms. The Kier molecular flexibility index (Phi) is 6.32. The molecule has 0 unspecified atom stereocenters. The highest BCUT2D eigenvalue weighted by molar-refractivity contribution is 6.06. The quantitative estimate of drug-likeness (QED) is 0.414. The molecule has 0 aliphatic heterocycles. The van der Waals surface area contributed by atoms with Crippen molar-refractivity contribution in [2.75, 3.05) is 18.9 Å². The van der Waals surface area contributed by atoms with Crippen LogP contribution in [0.5, 0.6) is 0 Å². The molecule has 4 rings (SSSR count). The van der Waals surface area contributed by atoms with E-state index in [1.165, 1.54) is 6.33 Å². The number of pyridine rings is 2. The molecule has 1 amide bonds. The summed E-state index contributed by atoms with van der Waals surface area (Å²) in [7, 11) is 1.62. The zero-order valence-corrected chi connectivity index (χ0v) is 17.9. The van der Waals surface area contributed by atoms with E-state index in [4.69, 9.17) is 0 Å². The molecule has 0 aliphatic rings. The van der Waals surface area contributed by atoms with Crippen LogP contribution in [0.4, 0.5) is 5.82 Å². The third-order valence-corrected chi connectivity index (χ3v) is 5.33. The lowest BCUT2D eigenvalue weighted by atomic mass is 9.96. The van der Waals surface area contributed by atoms with E-state index < -0.39 is 0 Å². The Bertz CT molecular complexity index is 1260. The van der Waals surface area contributed by atoms with Gasteiger partial charge >= 0.3 is 0 Å². The van der Waals surface area contributed by atoms with Crippen molar-refractivity contribution < 1.29 is 9.90 Å². The maximum Gasteiger partial charge on any atom is 0.251 e. The fourth-order valence-electron chi connectivity index (χ4n) is 3.62. The van der Waals surface area contributed by atoms with Crippen LogP contribution in [0, 0.1) is 0 Å². The number of fused-ring (bicyclic) bond motifs is 1. The molecule has 0 fully saturated rings. The molecule has 0 saturated carbocycles. The Labute approximate surface area is 185 Å². The Morgan fingerprint density at radius 3 is 2.81 bits per heavy atom. The number of hydrogen-bond acceptors (Lipinski definition) is 7. The lowest BCUT2D eigenvalue weighted by molar-refractivity contribution is 0.0964. The van der Waals surface area contributed by atoms with Crippen molar-refractivity contribution in [2.24, 2.45) is 0 Å². The van der Waals surface area contributed by atoms with E-state index in [0.717, 1.165) is 33.3 Å². The van der Waals surface area contributed by atoms with E-state index >= 15 is 0 Å². The summed E-state index contributed by atoms with van der Waals surface area (Å²) in [6, 6.07) is 11.3. The van der Waals surface area contributed by atoms with Crippen LogP contribution >= 0.6 is 0 Å². The first-order valence-corrected chi connectivity index (χ1v) is 10.3. The van der Waals surface area contributed by atoms with Gasteiger partial charge in [-0.2, -0.15) is 0 Å². The average molecular weight is 428 g/mol. The van der Waals surface area contributed by atoms with Crippen molar-refractivity contribution in [1.29, 1.82) is 0 Å². The van der Waals surface area contributed by atoms with Gasteiger partial charge in [-0.25, -0.2) is 9.97 Å². The molecule has 0 bridgehead atoms. The fourth-order valence-corrected chi connectivity index (χ4v) is 3.62. The third-order valence-electron chi connectivity index (χ3n) is 5.33. The van der Waals surface area contributed by atoms with E-state index in [0.29, 0.717) is 17.9 Å². The van der Waals surface area contributed by atoms with Gasteiger partial charge in [0, 0.05) is 55.1 Å². The summed E-state index contributed by atoms with van der Waals surface area (Å²) < 4.78 is 0. The number of carbonyl (C=O) groups is 1. The van der Waals surface area contributed by atoms with E-state index in [-0.39, 0.29) is 18.4 Å². The van der Waals surface area contributed by atoms with E-state index in [1.54, 1.807) is 31.7 Å². The number of rotatable bonds is 7. The highest BCUT2D eigenvalue weighted by atomic mass is 16.3. The summed E-state index contributed by atoms with van der Waals surface area (Å²) in [5.41, 5.74) is 4.74. The summed E-state index contributed by atoms with van der Waals surface area (Å²) in [5.74, 6) is 0.674. The van der Waals surface area contributed by atoms with Gasteiger partial charge in [-0.15, -0.1) is 0 Å². The van der Waals surface area contributed by atoms with Gasteiger partial charge in [-0.1, -0.05) is 25.1 Å². The van der Waals surface area contributed by atoms with Gasteiger partial charge in [0.2, 0.25) is 0 Å². The normalized spacial score (nSPS) is 11.8. The lowest BCUT2D eigenvalue weighted by Crippen LogP contribution is -2.18. The highest BCUT2D eigenvalue weighted by Gasteiger charge is 2.15. The highest BCUT2D eigenvalue weighted by Crippen LogP contribution is 2.27. The van der Waals surface area contributed by atoms with Crippen molar-refractivity contribution in [3.8, 4) is 11.3 Å². The molecule has 1 aromatic carbocycles. The predicted octanol–water partition coefficient (Wildman–Crippen LogP) is 3.15. The topological polar surface area (TPSA) is 113 Å². The minimum Gasteiger partial charge on any atom is -0.392 e. The van der Waals surface area contributed by atoms with Crippen molar-refractivity contribution in [3.63, 3.8) is 0 Å². The molecule has 8 nitrogen and oxygen atoms in total. The van der Waals surface area contributed by atoms with Crippen LogP contribution in [-0.4, -0.2) is 44.5 Å². The molecular formula is C24H24N6O2. The van der Waals surface area contributed by atoms with Crippen LogP contribution in [0.3, 0.4) is 0 Å². The van der Waals surface area contributed by atoms with Gasteiger partial charge in [0.05, 0.1) is 23.4 Å². The molecule has 0 radical (unpaired) electrons. The SMILES string of the molecule is CNC(=O)c1ccnc2c([C@H](C)CNc3cc(-c4cncc(CO)c4)ncn3)cccc12. The second kappa shape index (κ2) is 9.49. The van der Waals surface area contributed by atoms with Crippen molar-refractivity contribution in [2.45, 2.75) is 19.4 Å². The molecular weight excluding hydrogens is 404 g/mol. The molecule has 8 heteroatoms. The van der Waals surface area contributed by atoms with Crippen molar-refractivity contribution in [1.82, 2.24) is 25.3 Å². The number of nitrogens with one attached hydrogen (secondary N) is 2. The smallest absolute Gasteiger partial charge is 0.251 e. The fraction of sp³-hybridized carbons (Fsp3) is 0.208. The summed E-state index contributed by atoms with van der Waals surface area (Å²) in [5, 5.41) is 16.2. The summed E-state index contributed by atoms with van der Waals surface area (Å²) in [6.07, 6.45) is 6.50. The molecule has 0 saturated heterocycles. The lowest BCUT2D eigenvalue weighted by Gasteiger charge is -2.16. The van der Waals surface area contributed by atoms with E-state index in [9.17, 15) is 9.90 Å². The van der Waals surface area contributed by atoms with Gasteiger partial charge < -0.3 is 15.7 Å². The van der Waals surface area contributed by atoms with Gasteiger partial charge in [-0.05, 0) is 23.3 Å². The molecule has 162 valence electrons. The third kappa shape index (κ3) is 4.40. The van der Waals surface area contributed by atoms with Gasteiger partial charge in [0.1, 0.15) is 12.1 Å². The van der Waals surface area contributed by atoms with Crippen LogP contribution in [-0.2, 0) is 6.61 Å². The Hall–Kier alpha value is -3.91. The number of amides is 1. The zero-order chi connectivity index (χ0) is 22.5. The molecule has 4 aromatic rings. The first kappa shape index (κ1) is 21.3. The summed E-state index contributed by atoms with van der Waals surface area (Å²) >= 11 is 0. The second-order valence-electron chi connectivity index (χ2n) is 7.49. The number of nitrogens with zero attached hydrogens (tertiary/aromatic N) is 4. The Morgan fingerprint density at radius 2 is 2.00 bits per heavy atom. The first-order chi connectivity index (χ1) is 15.6. The van der Waals surface area contributed by atoms with Crippen LogP contribution in [0.1, 0.15) is 34.3 Å². The summed E-state index contributed by atoms with van der Waals surface area (Å²) in [6.45, 7) is 2.65. The zero-order valence-electron chi connectivity index (χ0n) is 17.9. The number of hydrogen-bond donors (Lipinski definition) is 3. The van der Waals surface area contributed by atoms with E-state index in [1.807, 2.05) is 30.3 Å². The molecule has 1 atom stereocenters. The number of benzene rings is 1. The maximum atomic E-state index is 12.2. The minimum atomic E-state index is -0.131. The number of aromatic nitrogens is 4. The second-order valence-corrected chi connectivity index (χ2v) is 7.49. The number of anilines is 1. The van der Waals surface area contributed by atoms with Crippen molar-refractivity contribution >= 4 is 22.6 Å². The van der Waals surface area contributed by atoms with Gasteiger partial charge in [0.15, 0.2) is 0 Å². The van der Waals surface area contributed by atoms with E-state index in [2.05, 4.69) is 37.5 Å². The standard InChI is InChI=1S/C24H24N6O2/c1-15(18-4-3-5-19-20(24(32)25-2)6-7-27-23(18)19)10-28-22-9-21(29-14-30-22)17-8-16(13-31)11-26-12-17/h3-9,11-12,14-15,31H,10,13H2,1-2H3,(H,25,32)(H,28,29,30)/t15-/m1/s1. The summed E-state index contributed by atoms with van der Waals surface area (Å²) in [4.78, 5) is 29.6. The average Bonchev–Trinajstić information content (AvgIpc) is 2.86.